The Morgan fingerprint density at radius 3 is 2.79 bits per heavy atom. The van der Waals surface area contributed by atoms with Gasteiger partial charge >= 0.3 is 0 Å². The smallest absolute Gasteiger partial charge is 0.137 e. The van der Waals surface area contributed by atoms with Crippen molar-refractivity contribution in [2.24, 2.45) is 0 Å². The van der Waals surface area contributed by atoms with E-state index in [0.717, 1.165) is 42.0 Å². The third-order valence-corrected chi connectivity index (χ3v) is 5.58. The SMILES string of the molecule is CNCc1cccc(-c2ccn3c(-c4ccnc(C5=CCCC5)c4)cnc3c2)c1. The molecule has 1 aromatic carbocycles. The van der Waals surface area contributed by atoms with Gasteiger partial charge in [0.2, 0.25) is 0 Å². The Morgan fingerprint density at radius 2 is 1.93 bits per heavy atom. The van der Waals surface area contributed by atoms with E-state index >= 15 is 0 Å². The predicted octanol–water partition coefficient (Wildman–Crippen LogP) is 5.35. The van der Waals surface area contributed by atoms with Crippen LogP contribution in [0.1, 0.15) is 30.5 Å². The molecule has 0 unspecified atom stereocenters. The molecule has 0 radical (unpaired) electrons. The first kappa shape index (κ1) is 17.8. The van der Waals surface area contributed by atoms with E-state index in [-0.39, 0.29) is 0 Å². The number of benzene rings is 1. The maximum atomic E-state index is 4.68. The normalized spacial score (nSPS) is 13.8. The fraction of sp³-hybridized carbons (Fsp3) is 0.200. The minimum absolute atomic E-state index is 0.865. The van der Waals surface area contributed by atoms with Crippen LogP contribution in [0.4, 0.5) is 0 Å². The molecular formula is C25H24N4. The van der Waals surface area contributed by atoms with Crippen LogP contribution in [0.15, 0.2) is 73.2 Å². The summed E-state index contributed by atoms with van der Waals surface area (Å²) in [5.74, 6) is 0. The highest BCUT2D eigenvalue weighted by atomic mass is 15.0. The van der Waals surface area contributed by atoms with Crippen LogP contribution >= 0.6 is 0 Å². The molecule has 1 aliphatic rings. The quantitative estimate of drug-likeness (QED) is 0.507. The maximum absolute atomic E-state index is 4.68. The molecule has 0 bridgehead atoms. The number of fused-ring (bicyclic) bond motifs is 1. The first-order valence-electron chi connectivity index (χ1n) is 10.2. The Morgan fingerprint density at radius 1 is 1.00 bits per heavy atom. The van der Waals surface area contributed by atoms with Crippen molar-refractivity contribution in [1.29, 1.82) is 0 Å². The van der Waals surface area contributed by atoms with E-state index in [1.165, 1.54) is 28.7 Å². The standard InChI is InChI=1S/C25H24N4/c1-26-16-18-5-4-8-20(13-18)21-10-12-29-24(17-28-25(29)15-21)22-9-11-27-23(14-22)19-6-2-3-7-19/h4-6,8-15,17,26H,2-3,7,16H2,1H3. The van der Waals surface area contributed by atoms with Crippen molar-refractivity contribution < 1.29 is 0 Å². The van der Waals surface area contributed by atoms with Crippen LogP contribution in [0.25, 0.3) is 33.6 Å². The zero-order valence-corrected chi connectivity index (χ0v) is 16.6. The van der Waals surface area contributed by atoms with E-state index in [1.807, 2.05) is 19.4 Å². The Hall–Kier alpha value is -3.24. The Kier molecular flexibility index (Phi) is 4.70. The molecule has 4 heteroatoms. The van der Waals surface area contributed by atoms with Gasteiger partial charge in [0.15, 0.2) is 0 Å². The maximum Gasteiger partial charge on any atom is 0.137 e. The third-order valence-electron chi connectivity index (χ3n) is 5.58. The molecule has 1 aliphatic carbocycles. The van der Waals surface area contributed by atoms with Crippen LogP contribution in [-0.2, 0) is 6.54 Å². The van der Waals surface area contributed by atoms with Crippen molar-refractivity contribution in [1.82, 2.24) is 19.7 Å². The number of aromatic nitrogens is 3. The molecule has 4 aromatic rings. The van der Waals surface area contributed by atoms with Gasteiger partial charge in [0.05, 0.1) is 17.6 Å². The summed E-state index contributed by atoms with van der Waals surface area (Å²) in [7, 11) is 1.97. The zero-order chi connectivity index (χ0) is 19.6. The minimum atomic E-state index is 0.865. The number of allylic oxidation sites excluding steroid dienone is 2. The summed E-state index contributed by atoms with van der Waals surface area (Å²) in [5, 5.41) is 3.21. The van der Waals surface area contributed by atoms with Crippen LogP contribution in [0, 0.1) is 0 Å². The van der Waals surface area contributed by atoms with Crippen LogP contribution in [0.2, 0.25) is 0 Å². The average molecular weight is 380 g/mol. The molecule has 3 aromatic heterocycles. The summed E-state index contributed by atoms with van der Waals surface area (Å²) in [6.45, 7) is 0.865. The topological polar surface area (TPSA) is 42.2 Å². The van der Waals surface area contributed by atoms with Gasteiger partial charge in [0.1, 0.15) is 5.65 Å². The van der Waals surface area contributed by atoms with Gasteiger partial charge in [-0.1, -0.05) is 24.3 Å². The summed E-state index contributed by atoms with van der Waals surface area (Å²) < 4.78 is 2.16. The Bertz CT molecular complexity index is 1200. The van der Waals surface area contributed by atoms with E-state index in [1.54, 1.807) is 0 Å². The number of hydrogen-bond donors (Lipinski definition) is 1. The molecule has 1 N–H and O–H groups in total. The van der Waals surface area contributed by atoms with E-state index in [0.29, 0.717) is 0 Å². The fourth-order valence-corrected chi connectivity index (χ4v) is 4.11. The number of rotatable bonds is 5. The number of imidazole rings is 1. The highest BCUT2D eigenvalue weighted by Gasteiger charge is 2.12. The largest absolute Gasteiger partial charge is 0.316 e. The van der Waals surface area contributed by atoms with Crippen molar-refractivity contribution in [3.05, 3.63) is 84.5 Å². The van der Waals surface area contributed by atoms with Gasteiger partial charge in [-0.05, 0) is 78.9 Å². The van der Waals surface area contributed by atoms with E-state index in [2.05, 4.69) is 80.5 Å². The van der Waals surface area contributed by atoms with Crippen molar-refractivity contribution in [2.45, 2.75) is 25.8 Å². The number of nitrogens with one attached hydrogen (secondary N) is 1. The number of pyridine rings is 2. The number of nitrogens with zero attached hydrogens (tertiary/aromatic N) is 3. The van der Waals surface area contributed by atoms with Gasteiger partial charge in [-0.2, -0.15) is 0 Å². The predicted molar refractivity (Wildman–Crippen MR) is 118 cm³/mol. The Labute approximate surface area is 171 Å². The van der Waals surface area contributed by atoms with Gasteiger partial charge in [-0.3, -0.25) is 9.38 Å². The monoisotopic (exact) mass is 380 g/mol. The molecule has 0 saturated carbocycles. The molecule has 3 heterocycles. The van der Waals surface area contributed by atoms with Crippen LogP contribution in [0.3, 0.4) is 0 Å². The van der Waals surface area contributed by atoms with Crippen LogP contribution in [0.5, 0.6) is 0 Å². The highest BCUT2D eigenvalue weighted by molar-refractivity contribution is 5.73. The fourth-order valence-electron chi connectivity index (χ4n) is 4.11. The van der Waals surface area contributed by atoms with Crippen molar-refractivity contribution in [3.63, 3.8) is 0 Å². The van der Waals surface area contributed by atoms with Gasteiger partial charge in [0, 0.05) is 24.5 Å². The highest BCUT2D eigenvalue weighted by Crippen LogP contribution is 2.30. The molecule has 0 atom stereocenters. The van der Waals surface area contributed by atoms with Gasteiger partial charge in [0.25, 0.3) is 0 Å². The van der Waals surface area contributed by atoms with Crippen LogP contribution in [-0.4, -0.2) is 21.4 Å². The van der Waals surface area contributed by atoms with Gasteiger partial charge in [-0.15, -0.1) is 0 Å². The van der Waals surface area contributed by atoms with E-state index in [9.17, 15) is 0 Å². The first-order chi connectivity index (χ1) is 14.3. The molecule has 29 heavy (non-hydrogen) atoms. The molecule has 0 spiro atoms. The molecule has 0 saturated heterocycles. The van der Waals surface area contributed by atoms with E-state index in [4.69, 9.17) is 0 Å². The van der Waals surface area contributed by atoms with Crippen molar-refractivity contribution >= 4 is 11.2 Å². The van der Waals surface area contributed by atoms with Crippen molar-refractivity contribution in [3.8, 4) is 22.4 Å². The second-order valence-electron chi connectivity index (χ2n) is 7.57. The lowest BCUT2D eigenvalue weighted by molar-refractivity contribution is 0.818. The summed E-state index contributed by atoms with van der Waals surface area (Å²) in [6, 6.07) is 17.2. The second kappa shape index (κ2) is 7.64. The Balaban J connectivity index is 1.52. The first-order valence-corrected chi connectivity index (χ1v) is 10.2. The third kappa shape index (κ3) is 3.47. The zero-order valence-electron chi connectivity index (χ0n) is 16.6. The lowest BCUT2D eigenvalue weighted by Crippen LogP contribution is -2.04. The van der Waals surface area contributed by atoms with E-state index < -0.39 is 0 Å². The average Bonchev–Trinajstić information content (AvgIpc) is 3.44. The molecule has 0 amide bonds. The minimum Gasteiger partial charge on any atom is -0.316 e. The summed E-state index contributed by atoms with van der Waals surface area (Å²) in [4.78, 5) is 9.27. The summed E-state index contributed by atoms with van der Waals surface area (Å²) in [6.07, 6.45) is 11.8. The van der Waals surface area contributed by atoms with Gasteiger partial charge in [-0.25, -0.2) is 4.98 Å². The van der Waals surface area contributed by atoms with Gasteiger partial charge < -0.3 is 5.32 Å². The molecule has 5 rings (SSSR count). The molecule has 144 valence electrons. The molecular weight excluding hydrogens is 356 g/mol. The summed E-state index contributed by atoms with van der Waals surface area (Å²) in [5.41, 5.74) is 9.33. The lowest BCUT2D eigenvalue weighted by Gasteiger charge is -2.08. The molecule has 0 aliphatic heterocycles. The summed E-state index contributed by atoms with van der Waals surface area (Å²) >= 11 is 0. The molecule has 0 fully saturated rings. The second-order valence-corrected chi connectivity index (χ2v) is 7.57. The van der Waals surface area contributed by atoms with Crippen LogP contribution < -0.4 is 5.32 Å². The van der Waals surface area contributed by atoms with Crippen molar-refractivity contribution in [2.75, 3.05) is 7.05 Å². The lowest BCUT2D eigenvalue weighted by atomic mass is 10.0. The molecule has 4 nitrogen and oxygen atoms in total. The number of hydrogen-bond acceptors (Lipinski definition) is 3.